The molecule has 0 radical (unpaired) electrons. The van der Waals surface area contributed by atoms with Crippen LogP contribution in [0.3, 0.4) is 0 Å². The molecule has 0 bridgehead atoms. The van der Waals surface area contributed by atoms with Gasteiger partial charge in [0.1, 0.15) is 0 Å². The van der Waals surface area contributed by atoms with E-state index < -0.39 is 0 Å². The maximum absolute atomic E-state index is 11.9. The van der Waals surface area contributed by atoms with Crippen LogP contribution in [-0.2, 0) is 0 Å². The van der Waals surface area contributed by atoms with E-state index in [1.54, 1.807) is 12.4 Å². The summed E-state index contributed by atoms with van der Waals surface area (Å²) < 4.78 is 0. The molecule has 102 valence electrons. The fraction of sp³-hybridized carbons (Fsp3) is 0.235. The molecule has 1 heterocycles. The molecule has 3 nitrogen and oxygen atoms in total. The molecule has 1 aliphatic carbocycles. The number of hydrogen-bond acceptors (Lipinski definition) is 3. The smallest absolute Gasteiger partial charge is 0.169 e. The topological polar surface area (TPSA) is 42.3 Å². The summed E-state index contributed by atoms with van der Waals surface area (Å²) in [6.07, 6.45) is 7.81. The fourth-order valence-electron chi connectivity index (χ4n) is 2.13. The van der Waals surface area contributed by atoms with Gasteiger partial charge in [-0.15, -0.1) is 0 Å². The van der Waals surface area contributed by atoms with E-state index >= 15 is 0 Å². The van der Waals surface area contributed by atoms with Gasteiger partial charge in [0, 0.05) is 30.1 Å². The molecule has 0 saturated carbocycles. The van der Waals surface area contributed by atoms with Gasteiger partial charge in [0.15, 0.2) is 5.78 Å². The Hall–Kier alpha value is -2.29. The fourth-order valence-corrected chi connectivity index (χ4v) is 2.13. The van der Waals surface area contributed by atoms with Gasteiger partial charge in [-0.1, -0.05) is 18.7 Å². The number of hydrogen-bond donors (Lipinski definition) is 0. The second-order valence-electron chi connectivity index (χ2n) is 5.02. The van der Waals surface area contributed by atoms with Gasteiger partial charge >= 0.3 is 0 Å². The van der Waals surface area contributed by atoms with Gasteiger partial charge in [0.25, 0.3) is 0 Å². The van der Waals surface area contributed by atoms with Crippen molar-refractivity contribution >= 4 is 23.6 Å². The molecular formula is C17H18N2O. The van der Waals surface area contributed by atoms with Gasteiger partial charge in [0.2, 0.25) is 0 Å². The normalized spacial score (nSPS) is 14.8. The third-order valence-electron chi connectivity index (χ3n) is 3.08. The zero-order valence-corrected chi connectivity index (χ0v) is 12.1. The van der Waals surface area contributed by atoms with Crippen molar-refractivity contribution in [3.63, 3.8) is 0 Å². The lowest BCUT2D eigenvalue weighted by atomic mass is 9.94. The zero-order valence-electron chi connectivity index (χ0n) is 12.1. The number of carbonyl (C=O) groups excluding carboxylic acids is 1. The Morgan fingerprint density at radius 3 is 2.90 bits per heavy atom. The number of allylic oxidation sites excluding steroid dienone is 3. The predicted octanol–water partition coefficient (Wildman–Crippen LogP) is 4.00. The van der Waals surface area contributed by atoms with Gasteiger partial charge in [-0.3, -0.25) is 14.8 Å². The Morgan fingerprint density at radius 2 is 2.20 bits per heavy atom. The van der Waals surface area contributed by atoms with E-state index in [1.807, 2.05) is 39.0 Å². The highest BCUT2D eigenvalue weighted by Crippen LogP contribution is 2.25. The van der Waals surface area contributed by atoms with Crippen molar-refractivity contribution < 1.29 is 4.79 Å². The van der Waals surface area contributed by atoms with Crippen LogP contribution in [0.15, 0.2) is 35.5 Å². The van der Waals surface area contributed by atoms with E-state index in [0.29, 0.717) is 6.42 Å². The summed E-state index contributed by atoms with van der Waals surface area (Å²) in [6, 6.07) is 1.94. The Labute approximate surface area is 119 Å². The maximum atomic E-state index is 11.9. The highest BCUT2D eigenvalue weighted by molar-refractivity contribution is 6.03. The predicted molar refractivity (Wildman–Crippen MR) is 83.9 cm³/mol. The SMILES string of the molecule is C=C(C)C=N/C=C(\C)c1cc2c(c(C)n1)C(=O)CC=C2. The van der Waals surface area contributed by atoms with E-state index in [4.69, 9.17) is 0 Å². The zero-order chi connectivity index (χ0) is 14.7. The van der Waals surface area contributed by atoms with Crippen molar-refractivity contribution in [3.05, 3.63) is 53.0 Å². The molecule has 0 saturated heterocycles. The van der Waals surface area contributed by atoms with Crippen LogP contribution in [0.25, 0.3) is 11.6 Å². The summed E-state index contributed by atoms with van der Waals surface area (Å²) in [5.74, 6) is 0.140. The first-order valence-corrected chi connectivity index (χ1v) is 6.56. The number of nitrogens with zero attached hydrogens (tertiary/aromatic N) is 2. The summed E-state index contributed by atoms with van der Waals surface area (Å²) in [7, 11) is 0. The molecule has 0 fully saturated rings. The molecule has 2 rings (SSSR count). The summed E-state index contributed by atoms with van der Waals surface area (Å²) >= 11 is 0. The Morgan fingerprint density at radius 1 is 1.45 bits per heavy atom. The highest BCUT2D eigenvalue weighted by Gasteiger charge is 2.17. The van der Waals surface area contributed by atoms with Gasteiger partial charge in [0.05, 0.1) is 5.69 Å². The van der Waals surface area contributed by atoms with Crippen LogP contribution in [0, 0.1) is 6.92 Å². The standard InChI is InChI=1S/C17H18N2O/c1-11(2)9-18-10-12(3)15-8-14-6-5-7-16(20)17(14)13(4)19-15/h5-6,8-10H,1,7H2,2-4H3/b12-10+,18-9?. The summed E-state index contributed by atoms with van der Waals surface area (Å²) in [4.78, 5) is 20.6. The van der Waals surface area contributed by atoms with Crippen LogP contribution in [0.4, 0.5) is 0 Å². The molecule has 3 heteroatoms. The van der Waals surface area contributed by atoms with Crippen molar-refractivity contribution in [1.82, 2.24) is 4.98 Å². The molecule has 0 amide bonds. The van der Waals surface area contributed by atoms with Crippen molar-refractivity contribution in [1.29, 1.82) is 0 Å². The maximum Gasteiger partial charge on any atom is 0.169 e. The third kappa shape index (κ3) is 2.99. The van der Waals surface area contributed by atoms with Crippen molar-refractivity contribution in [2.24, 2.45) is 4.99 Å². The van der Waals surface area contributed by atoms with E-state index in [2.05, 4.69) is 16.6 Å². The highest BCUT2D eigenvalue weighted by atomic mass is 16.1. The lowest BCUT2D eigenvalue weighted by molar-refractivity contribution is 0.0993. The largest absolute Gasteiger partial charge is 0.294 e. The van der Waals surface area contributed by atoms with E-state index in [9.17, 15) is 4.79 Å². The molecule has 0 N–H and O–H groups in total. The summed E-state index contributed by atoms with van der Waals surface area (Å²) in [5.41, 5.74) is 5.18. The van der Waals surface area contributed by atoms with Crippen LogP contribution >= 0.6 is 0 Å². The molecule has 0 aliphatic heterocycles. The molecular weight excluding hydrogens is 248 g/mol. The summed E-state index contributed by atoms with van der Waals surface area (Å²) in [5, 5.41) is 0. The number of aryl methyl sites for hydroxylation is 1. The molecule has 0 atom stereocenters. The number of pyridine rings is 1. The number of fused-ring (bicyclic) bond motifs is 1. The first-order chi connectivity index (χ1) is 9.49. The van der Waals surface area contributed by atoms with Crippen LogP contribution in [0.1, 0.15) is 47.6 Å². The van der Waals surface area contributed by atoms with Gasteiger partial charge in [-0.05, 0) is 43.5 Å². The van der Waals surface area contributed by atoms with Crippen LogP contribution in [0.5, 0.6) is 0 Å². The second kappa shape index (κ2) is 5.78. The quantitative estimate of drug-likeness (QED) is 0.776. The molecule has 1 aromatic rings. The lowest BCUT2D eigenvalue weighted by Crippen LogP contribution is -2.09. The van der Waals surface area contributed by atoms with Crippen LogP contribution < -0.4 is 0 Å². The minimum atomic E-state index is 0.140. The molecule has 1 aromatic heterocycles. The van der Waals surface area contributed by atoms with Crippen molar-refractivity contribution in [2.45, 2.75) is 27.2 Å². The molecule has 20 heavy (non-hydrogen) atoms. The third-order valence-corrected chi connectivity index (χ3v) is 3.08. The molecule has 0 aromatic carbocycles. The van der Waals surface area contributed by atoms with Crippen molar-refractivity contribution in [2.75, 3.05) is 0 Å². The number of rotatable bonds is 3. The Bertz CT molecular complexity index is 664. The average Bonchev–Trinajstić information content (AvgIpc) is 2.37. The number of carbonyl (C=O) groups is 1. The minimum absolute atomic E-state index is 0.140. The summed E-state index contributed by atoms with van der Waals surface area (Å²) in [6.45, 7) is 9.49. The van der Waals surface area contributed by atoms with Gasteiger partial charge in [-0.2, -0.15) is 0 Å². The monoisotopic (exact) mass is 266 g/mol. The Balaban J connectivity index is 2.41. The van der Waals surface area contributed by atoms with E-state index in [-0.39, 0.29) is 5.78 Å². The minimum Gasteiger partial charge on any atom is -0.294 e. The number of Topliss-reactive ketones (excluding diaryl/α,β-unsaturated/α-hetero) is 1. The van der Waals surface area contributed by atoms with Gasteiger partial charge < -0.3 is 0 Å². The number of ketones is 1. The number of aromatic nitrogens is 1. The Kier molecular flexibility index (Phi) is 4.08. The second-order valence-corrected chi connectivity index (χ2v) is 5.02. The van der Waals surface area contributed by atoms with E-state index in [1.165, 1.54) is 0 Å². The molecule has 0 spiro atoms. The molecule has 0 unspecified atom stereocenters. The van der Waals surface area contributed by atoms with E-state index in [0.717, 1.165) is 33.7 Å². The van der Waals surface area contributed by atoms with Gasteiger partial charge in [-0.25, -0.2) is 0 Å². The average molecular weight is 266 g/mol. The first kappa shape index (κ1) is 14.1. The number of aliphatic imine (C=N–C) groups is 1. The lowest BCUT2D eigenvalue weighted by Gasteiger charge is -2.13. The first-order valence-electron chi connectivity index (χ1n) is 6.56. The molecule has 1 aliphatic rings. The van der Waals surface area contributed by atoms with Crippen molar-refractivity contribution in [3.8, 4) is 0 Å². The van der Waals surface area contributed by atoms with Crippen LogP contribution in [-0.4, -0.2) is 17.0 Å². The van der Waals surface area contributed by atoms with Crippen LogP contribution in [0.2, 0.25) is 0 Å².